The summed E-state index contributed by atoms with van der Waals surface area (Å²) in [4.78, 5) is 31.2. The Labute approximate surface area is 161 Å². The molecular weight excluding hydrogens is 361 g/mol. The minimum Gasteiger partial charge on any atom is -0.347 e. The predicted molar refractivity (Wildman–Crippen MR) is 102 cm³/mol. The molecule has 1 aliphatic heterocycles. The van der Waals surface area contributed by atoms with E-state index in [1.165, 1.54) is 12.1 Å². The molecular formula is C20H20FN5O2. The van der Waals surface area contributed by atoms with Crippen LogP contribution in [0.15, 0.2) is 36.7 Å². The summed E-state index contributed by atoms with van der Waals surface area (Å²) in [5.41, 5.74) is 2.06. The van der Waals surface area contributed by atoms with Crippen molar-refractivity contribution < 1.29 is 14.0 Å². The molecule has 2 amide bonds. The first kappa shape index (κ1) is 18.1. The Morgan fingerprint density at radius 3 is 2.86 bits per heavy atom. The molecule has 1 aromatic carbocycles. The van der Waals surface area contributed by atoms with E-state index in [0.29, 0.717) is 35.2 Å². The maximum atomic E-state index is 13.8. The summed E-state index contributed by atoms with van der Waals surface area (Å²) in [5.74, 6) is -0.694. The molecule has 0 unspecified atom stereocenters. The van der Waals surface area contributed by atoms with Gasteiger partial charge in [0.2, 0.25) is 5.91 Å². The highest BCUT2D eigenvalue weighted by Crippen LogP contribution is 2.25. The molecule has 3 aromatic rings. The number of benzene rings is 1. The number of likely N-dealkylation sites (tertiary alicyclic amines) is 1. The highest BCUT2D eigenvalue weighted by Gasteiger charge is 2.30. The standard InChI is InChI=1S/C20H20FN5O2/c1-3-26-11-14(7-19(26)27)23-20(28)16-8-17(12-9-22-25(2)10-12)24-18-6-13(21)4-5-15(16)18/h4-6,8-10,14H,3,7,11H2,1-2H3,(H,23,28)/t14-/m0/s1. The smallest absolute Gasteiger partial charge is 0.252 e. The van der Waals surface area contributed by atoms with Crippen LogP contribution in [0.25, 0.3) is 22.2 Å². The first-order valence-corrected chi connectivity index (χ1v) is 9.12. The molecule has 4 rings (SSSR count). The molecule has 0 aliphatic carbocycles. The van der Waals surface area contributed by atoms with Crippen molar-refractivity contribution in [2.75, 3.05) is 13.1 Å². The van der Waals surface area contributed by atoms with Crippen molar-refractivity contribution in [1.82, 2.24) is 25.0 Å². The maximum absolute atomic E-state index is 13.8. The molecule has 144 valence electrons. The van der Waals surface area contributed by atoms with Crippen LogP contribution in [-0.4, -0.2) is 50.6 Å². The van der Waals surface area contributed by atoms with E-state index in [0.717, 1.165) is 5.56 Å². The fourth-order valence-electron chi connectivity index (χ4n) is 3.53. The minimum absolute atomic E-state index is 0.0329. The first-order valence-electron chi connectivity index (χ1n) is 9.12. The van der Waals surface area contributed by atoms with Gasteiger partial charge in [0, 0.05) is 49.8 Å². The monoisotopic (exact) mass is 381 g/mol. The van der Waals surface area contributed by atoms with Crippen molar-refractivity contribution in [3.63, 3.8) is 0 Å². The Hall–Kier alpha value is -3.29. The molecule has 1 aliphatic rings. The second-order valence-electron chi connectivity index (χ2n) is 6.93. The maximum Gasteiger partial charge on any atom is 0.252 e. The van der Waals surface area contributed by atoms with Gasteiger partial charge in [-0.3, -0.25) is 14.3 Å². The van der Waals surface area contributed by atoms with Gasteiger partial charge in [-0.05, 0) is 25.1 Å². The van der Waals surface area contributed by atoms with E-state index in [1.807, 2.05) is 6.92 Å². The predicted octanol–water partition coefficient (Wildman–Crippen LogP) is 2.12. The number of aryl methyl sites for hydroxylation is 1. The van der Waals surface area contributed by atoms with E-state index in [9.17, 15) is 14.0 Å². The number of hydrogen-bond donors (Lipinski definition) is 1. The lowest BCUT2D eigenvalue weighted by Gasteiger charge is -2.16. The zero-order chi connectivity index (χ0) is 19.8. The zero-order valence-electron chi connectivity index (χ0n) is 15.6. The van der Waals surface area contributed by atoms with Crippen molar-refractivity contribution in [1.29, 1.82) is 0 Å². The third kappa shape index (κ3) is 3.33. The lowest BCUT2D eigenvalue weighted by molar-refractivity contribution is -0.127. The molecule has 3 heterocycles. The molecule has 0 radical (unpaired) electrons. The van der Waals surface area contributed by atoms with Crippen LogP contribution in [0.3, 0.4) is 0 Å². The van der Waals surface area contributed by atoms with Crippen molar-refractivity contribution in [3.8, 4) is 11.3 Å². The van der Waals surface area contributed by atoms with E-state index < -0.39 is 5.82 Å². The molecule has 1 atom stereocenters. The fourth-order valence-corrected chi connectivity index (χ4v) is 3.53. The molecule has 28 heavy (non-hydrogen) atoms. The number of halogens is 1. The Morgan fingerprint density at radius 1 is 1.36 bits per heavy atom. The van der Waals surface area contributed by atoms with Gasteiger partial charge in [0.15, 0.2) is 0 Å². The second-order valence-corrected chi connectivity index (χ2v) is 6.93. The summed E-state index contributed by atoms with van der Waals surface area (Å²) < 4.78 is 15.4. The van der Waals surface area contributed by atoms with E-state index >= 15 is 0 Å². The van der Waals surface area contributed by atoms with Gasteiger partial charge in [0.25, 0.3) is 5.91 Å². The Morgan fingerprint density at radius 2 is 2.18 bits per heavy atom. The minimum atomic E-state index is -0.422. The summed E-state index contributed by atoms with van der Waals surface area (Å²) in [6.07, 6.45) is 3.71. The molecule has 0 saturated carbocycles. The summed E-state index contributed by atoms with van der Waals surface area (Å²) in [5, 5.41) is 7.63. The van der Waals surface area contributed by atoms with Crippen LogP contribution >= 0.6 is 0 Å². The van der Waals surface area contributed by atoms with Crippen molar-refractivity contribution >= 4 is 22.7 Å². The number of hydrogen-bond acceptors (Lipinski definition) is 4. The third-order valence-electron chi connectivity index (χ3n) is 4.95. The Balaban J connectivity index is 1.72. The van der Waals surface area contributed by atoms with Crippen LogP contribution in [0, 0.1) is 5.82 Å². The zero-order valence-corrected chi connectivity index (χ0v) is 15.6. The van der Waals surface area contributed by atoms with Crippen LogP contribution in [0.2, 0.25) is 0 Å². The molecule has 2 aromatic heterocycles. The number of nitrogens with zero attached hydrogens (tertiary/aromatic N) is 4. The van der Waals surface area contributed by atoms with Gasteiger partial charge in [0.1, 0.15) is 5.82 Å². The number of aromatic nitrogens is 3. The van der Waals surface area contributed by atoms with E-state index in [4.69, 9.17) is 0 Å². The van der Waals surface area contributed by atoms with Crippen LogP contribution < -0.4 is 5.32 Å². The molecule has 0 bridgehead atoms. The van der Waals surface area contributed by atoms with Gasteiger partial charge < -0.3 is 10.2 Å². The average Bonchev–Trinajstić information content (AvgIpc) is 3.25. The number of carbonyl (C=O) groups is 2. The van der Waals surface area contributed by atoms with E-state index in [2.05, 4.69) is 15.4 Å². The molecule has 0 spiro atoms. The van der Waals surface area contributed by atoms with Gasteiger partial charge in [0.05, 0.1) is 29.0 Å². The van der Waals surface area contributed by atoms with Gasteiger partial charge in [-0.15, -0.1) is 0 Å². The highest BCUT2D eigenvalue weighted by molar-refractivity contribution is 6.07. The number of carbonyl (C=O) groups excluding carboxylic acids is 2. The van der Waals surface area contributed by atoms with Crippen molar-refractivity contribution in [2.24, 2.45) is 7.05 Å². The van der Waals surface area contributed by atoms with Gasteiger partial charge in [-0.25, -0.2) is 9.37 Å². The number of fused-ring (bicyclic) bond motifs is 1. The van der Waals surface area contributed by atoms with Crippen LogP contribution in [0.5, 0.6) is 0 Å². The van der Waals surface area contributed by atoms with Crippen molar-refractivity contribution in [3.05, 3.63) is 48.0 Å². The summed E-state index contributed by atoms with van der Waals surface area (Å²) in [6, 6.07) is 5.61. The quantitative estimate of drug-likeness (QED) is 0.751. The second kappa shape index (κ2) is 7.03. The van der Waals surface area contributed by atoms with Gasteiger partial charge in [-0.2, -0.15) is 5.10 Å². The SMILES string of the molecule is CCN1C[C@@H](NC(=O)c2cc(-c3cnn(C)c3)nc3cc(F)ccc23)CC1=O. The van der Waals surface area contributed by atoms with Gasteiger partial charge in [-0.1, -0.05) is 0 Å². The highest BCUT2D eigenvalue weighted by atomic mass is 19.1. The summed E-state index contributed by atoms with van der Waals surface area (Å²) in [6.45, 7) is 3.02. The van der Waals surface area contributed by atoms with Gasteiger partial charge >= 0.3 is 0 Å². The average molecular weight is 381 g/mol. The molecule has 1 saturated heterocycles. The third-order valence-corrected chi connectivity index (χ3v) is 4.95. The Kier molecular flexibility index (Phi) is 4.54. The number of pyridine rings is 1. The number of nitrogens with one attached hydrogen (secondary N) is 1. The number of amides is 2. The summed E-state index contributed by atoms with van der Waals surface area (Å²) >= 11 is 0. The number of likely N-dealkylation sites (N-methyl/N-ethyl adjacent to an activating group) is 1. The van der Waals surface area contributed by atoms with Crippen molar-refractivity contribution in [2.45, 2.75) is 19.4 Å². The molecule has 1 N–H and O–H groups in total. The fraction of sp³-hybridized carbons (Fsp3) is 0.300. The molecule has 1 fully saturated rings. The topological polar surface area (TPSA) is 80.1 Å². The molecule has 8 heteroatoms. The van der Waals surface area contributed by atoms with Crippen LogP contribution in [-0.2, 0) is 11.8 Å². The lowest BCUT2D eigenvalue weighted by atomic mass is 10.0. The largest absolute Gasteiger partial charge is 0.347 e. The van der Waals surface area contributed by atoms with Crippen LogP contribution in [0.1, 0.15) is 23.7 Å². The molecule has 7 nitrogen and oxygen atoms in total. The Bertz CT molecular complexity index is 1080. The summed E-state index contributed by atoms with van der Waals surface area (Å²) in [7, 11) is 1.79. The normalized spacial score (nSPS) is 16.8. The van der Waals surface area contributed by atoms with E-state index in [1.54, 1.807) is 41.2 Å². The van der Waals surface area contributed by atoms with E-state index in [-0.39, 0.29) is 24.3 Å². The first-order chi connectivity index (χ1) is 13.4. The lowest BCUT2D eigenvalue weighted by Crippen LogP contribution is -2.37. The van der Waals surface area contributed by atoms with Crippen LogP contribution in [0.4, 0.5) is 4.39 Å². The number of rotatable bonds is 4.